The molecule has 0 unspecified atom stereocenters. The van der Waals surface area contributed by atoms with Crippen LogP contribution in [-0.4, -0.2) is 33.2 Å². The number of amides is 1. The van der Waals surface area contributed by atoms with Crippen LogP contribution in [0.3, 0.4) is 0 Å². The Kier molecular flexibility index (Phi) is 5.50. The summed E-state index contributed by atoms with van der Waals surface area (Å²) in [4.78, 5) is 16.3. The molecule has 8 heteroatoms. The Morgan fingerprint density at radius 1 is 1.22 bits per heavy atom. The third-order valence-corrected chi connectivity index (χ3v) is 6.32. The van der Waals surface area contributed by atoms with Gasteiger partial charge >= 0.3 is 0 Å². The van der Waals surface area contributed by atoms with Crippen LogP contribution in [0.25, 0.3) is 16.6 Å². The van der Waals surface area contributed by atoms with Crippen LogP contribution in [0.15, 0.2) is 36.7 Å². The molecule has 1 amide bonds. The Morgan fingerprint density at radius 3 is 2.78 bits per heavy atom. The number of anilines is 1. The summed E-state index contributed by atoms with van der Waals surface area (Å²) in [5.41, 5.74) is 8.91. The van der Waals surface area contributed by atoms with Gasteiger partial charge in [-0.05, 0) is 68.2 Å². The molecule has 164 valence electrons. The third kappa shape index (κ3) is 4.43. The van der Waals surface area contributed by atoms with Crippen LogP contribution in [0.4, 0.5) is 5.82 Å². The molecule has 32 heavy (non-hydrogen) atoms. The third-order valence-electron chi connectivity index (χ3n) is 6.32. The SMILES string of the molecule is N#Cc1cc(-c2ccn3nc(NC(=O)C4CC4)cc3c2)c(OC[C@H]2CC[C@H](N)CC2)cn1. The van der Waals surface area contributed by atoms with Gasteiger partial charge in [-0.3, -0.25) is 4.79 Å². The second-order valence-electron chi connectivity index (χ2n) is 8.85. The minimum Gasteiger partial charge on any atom is -0.491 e. The van der Waals surface area contributed by atoms with Crippen LogP contribution < -0.4 is 15.8 Å². The van der Waals surface area contributed by atoms with E-state index in [1.807, 2.05) is 24.4 Å². The Balaban J connectivity index is 1.39. The maximum atomic E-state index is 12.1. The number of nitrogens with one attached hydrogen (secondary N) is 1. The highest BCUT2D eigenvalue weighted by atomic mass is 16.5. The van der Waals surface area contributed by atoms with Gasteiger partial charge in [0.05, 0.1) is 18.3 Å². The minimum absolute atomic E-state index is 0.0285. The summed E-state index contributed by atoms with van der Waals surface area (Å²) in [7, 11) is 0. The highest BCUT2D eigenvalue weighted by molar-refractivity contribution is 5.93. The molecule has 2 aliphatic rings. The number of fused-ring (bicyclic) bond motifs is 1. The van der Waals surface area contributed by atoms with E-state index in [4.69, 9.17) is 10.5 Å². The molecule has 0 aliphatic heterocycles. The van der Waals surface area contributed by atoms with E-state index in [9.17, 15) is 10.1 Å². The summed E-state index contributed by atoms with van der Waals surface area (Å²) >= 11 is 0. The molecule has 3 aromatic heterocycles. The van der Waals surface area contributed by atoms with E-state index in [0.29, 0.717) is 35.8 Å². The molecule has 0 radical (unpaired) electrons. The summed E-state index contributed by atoms with van der Waals surface area (Å²) in [6.07, 6.45) is 9.56. The number of aromatic nitrogens is 3. The first-order chi connectivity index (χ1) is 15.6. The molecule has 3 N–H and O–H groups in total. The van der Waals surface area contributed by atoms with Crippen molar-refractivity contribution in [3.63, 3.8) is 0 Å². The zero-order chi connectivity index (χ0) is 22.1. The summed E-state index contributed by atoms with van der Waals surface area (Å²) in [5.74, 6) is 1.83. The number of carbonyl (C=O) groups is 1. The van der Waals surface area contributed by atoms with Gasteiger partial charge in [-0.1, -0.05) is 0 Å². The zero-order valence-electron chi connectivity index (χ0n) is 17.8. The van der Waals surface area contributed by atoms with Crippen molar-refractivity contribution in [3.8, 4) is 22.9 Å². The molecule has 0 atom stereocenters. The number of carbonyl (C=O) groups excluding carboxylic acids is 1. The summed E-state index contributed by atoms with van der Waals surface area (Å²) < 4.78 is 7.90. The maximum absolute atomic E-state index is 12.1. The van der Waals surface area contributed by atoms with Gasteiger partial charge in [0.25, 0.3) is 0 Å². The van der Waals surface area contributed by atoms with Crippen molar-refractivity contribution in [2.45, 2.75) is 44.6 Å². The molecule has 0 saturated heterocycles. The van der Waals surface area contributed by atoms with Gasteiger partial charge in [0.15, 0.2) is 5.82 Å². The van der Waals surface area contributed by atoms with Gasteiger partial charge in [0.2, 0.25) is 5.91 Å². The number of pyridine rings is 2. The fraction of sp³-hybridized carbons (Fsp3) is 0.417. The van der Waals surface area contributed by atoms with E-state index in [2.05, 4.69) is 21.5 Å². The average Bonchev–Trinajstić information content (AvgIpc) is 3.59. The van der Waals surface area contributed by atoms with Crippen LogP contribution >= 0.6 is 0 Å². The number of nitrogens with two attached hydrogens (primary N) is 1. The van der Waals surface area contributed by atoms with Crippen LogP contribution in [0.1, 0.15) is 44.2 Å². The maximum Gasteiger partial charge on any atom is 0.228 e. The predicted molar refractivity (Wildman–Crippen MR) is 120 cm³/mol. The van der Waals surface area contributed by atoms with Crippen LogP contribution in [0.2, 0.25) is 0 Å². The predicted octanol–water partition coefficient (Wildman–Crippen LogP) is 3.51. The first-order valence-electron chi connectivity index (χ1n) is 11.2. The van der Waals surface area contributed by atoms with Crippen LogP contribution in [0, 0.1) is 23.2 Å². The zero-order valence-corrected chi connectivity index (χ0v) is 17.8. The quantitative estimate of drug-likeness (QED) is 0.618. The Bertz CT molecular complexity index is 1180. The van der Waals surface area contributed by atoms with E-state index in [1.165, 1.54) is 0 Å². The largest absolute Gasteiger partial charge is 0.491 e. The molecule has 2 saturated carbocycles. The van der Waals surface area contributed by atoms with E-state index in [0.717, 1.165) is 55.2 Å². The van der Waals surface area contributed by atoms with E-state index < -0.39 is 0 Å². The van der Waals surface area contributed by atoms with Gasteiger partial charge in [-0.2, -0.15) is 10.4 Å². The Morgan fingerprint density at radius 2 is 2.03 bits per heavy atom. The molecule has 3 aromatic rings. The smallest absolute Gasteiger partial charge is 0.228 e. The standard InChI is InChI=1S/C24H26N6O2/c25-12-19-10-21(22(13-27-19)32-14-15-1-5-18(26)6-2-15)17-7-8-30-20(9-17)11-23(29-30)28-24(31)16-3-4-16/h7-11,13,15-16,18H,1-6,14,26H2,(H,28,29,31)/t15-,18-. The van der Waals surface area contributed by atoms with E-state index >= 15 is 0 Å². The molecule has 0 spiro atoms. The number of nitriles is 1. The molecule has 0 aromatic carbocycles. The molecule has 2 aliphatic carbocycles. The highest BCUT2D eigenvalue weighted by Crippen LogP contribution is 2.33. The first kappa shape index (κ1) is 20.5. The second kappa shape index (κ2) is 8.60. The molecule has 8 nitrogen and oxygen atoms in total. The van der Waals surface area contributed by atoms with Crippen molar-refractivity contribution >= 4 is 17.2 Å². The summed E-state index contributed by atoms with van der Waals surface area (Å²) in [6.45, 7) is 0.611. The summed E-state index contributed by atoms with van der Waals surface area (Å²) in [5, 5.41) is 16.7. The Hall–Kier alpha value is -3.44. The molecular formula is C24H26N6O2. The van der Waals surface area contributed by atoms with Gasteiger partial charge in [0, 0.05) is 29.8 Å². The van der Waals surface area contributed by atoms with Gasteiger partial charge in [-0.15, -0.1) is 0 Å². The first-order valence-corrected chi connectivity index (χ1v) is 11.2. The summed E-state index contributed by atoms with van der Waals surface area (Å²) in [6, 6.07) is 9.92. The fourth-order valence-corrected chi connectivity index (χ4v) is 4.20. The molecule has 5 rings (SSSR count). The van der Waals surface area contributed by atoms with E-state index in [-0.39, 0.29) is 11.8 Å². The number of hydrogen-bond donors (Lipinski definition) is 2. The van der Waals surface area contributed by atoms with Gasteiger partial charge in [-0.25, -0.2) is 9.50 Å². The number of hydrogen-bond acceptors (Lipinski definition) is 6. The number of rotatable bonds is 6. The second-order valence-corrected chi connectivity index (χ2v) is 8.85. The van der Waals surface area contributed by atoms with Crippen molar-refractivity contribution < 1.29 is 9.53 Å². The van der Waals surface area contributed by atoms with Crippen molar-refractivity contribution in [1.82, 2.24) is 14.6 Å². The van der Waals surface area contributed by atoms with Crippen LogP contribution in [-0.2, 0) is 4.79 Å². The van der Waals surface area contributed by atoms with Crippen molar-refractivity contribution in [3.05, 3.63) is 42.4 Å². The molecule has 3 heterocycles. The van der Waals surface area contributed by atoms with Gasteiger partial charge < -0.3 is 15.8 Å². The number of ether oxygens (including phenoxy) is 1. The van der Waals surface area contributed by atoms with Gasteiger partial charge in [0.1, 0.15) is 17.5 Å². The average molecular weight is 431 g/mol. The fourth-order valence-electron chi connectivity index (χ4n) is 4.20. The minimum atomic E-state index is 0.0285. The number of nitrogens with zero attached hydrogens (tertiary/aromatic N) is 4. The lowest BCUT2D eigenvalue weighted by atomic mass is 9.87. The Labute approximate surface area is 186 Å². The highest BCUT2D eigenvalue weighted by Gasteiger charge is 2.30. The van der Waals surface area contributed by atoms with E-state index in [1.54, 1.807) is 16.8 Å². The lowest BCUT2D eigenvalue weighted by molar-refractivity contribution is -0.117. The van der Waals surface area contributed by atoms with Crippen molar-refractivity contribution in [2.24, 2.45) is 17.6 Å². The molecule has 2 fully saturated rings. The van der Waals surface area contributed by atoms with Crippen molar-refractivity contribution in [2.75, 3.05) is 11.9 Å². The molecular weight excluding hydrogens is 404 g/mol. The monoisotopic (exact) mass is 430 g/mol. The normalized spacial score (nSPS) is 20.6. The van der Waals surface area contributed by atoms with Crippen molar-refractivity contribution in [1.29, 1.82) is 5.26 Å². The lowest BCUT2D eigenvalue weighted by Gasteiger charge is -2.26. The topological polar surface area (TPSA) is 118 Å². The molecule has 0 bridgehead atoms. The lowest BCUT2D eigenvalue weighted by Crippen LogP contribution is -2.28. The van der Waals surface area contributed by atoms with Crippen LogP contribution in [0.5, 0.6) is 5.75 Å².